The molecule has 0 unspecified atom stereocenters. The van der Waals surface area contributed by atoms with E-state index in [1.165, 1.54) is 12.7 Å². The van der Waals surface area contributed by atoms with Gasteiger partial charge in [0.1, 0.15) is 11.5 Å². The van der Waals surface area contributed by atoms with Crippen molar-refractivity contribution in [2.45, 2.75) is 25.7 Å². The first-order chi connectivity index (χ1) is 19.0. The van der Waals surface area contributed by atoms with Gasteiger partial charge in [0.15, 0.2) is 0 Å². The summed E-state index contributed by atoms with van der Waals surface area (Å²) >= 11 is 0. The highest BCUT2D eigenvalue weighted by molar-refractivity contribution is 6.35. The highest BCUT2D eigenvalue weighted by atomic mass is 16.5. The Morgan fingerprint density at radius 1 is 0.949 bits per heavy atom. The lowest BCUT2D eigenvalue weighted by Gasteiger charge is -2.11. The number of methoxy groups -OCH3 is 1. The quantitative estimate of drug-likeness (QED) is 0.237. The van der Waals surface area contributed by atoms with E-state index in [1.54, 1.807) is 42.5 Å². The van der Waals surface area contributed by atoms with Crippen LogP contribution < -0.4 is 10.6 Å². The molecule has 1 aliphatic carbocycles. The second kappa shape index (κ2) is 10.1. The van der Waals surface area contributed by atoms with Gasteiger partial charge < -0.3 is 19.8 Å². The number of benzene rings is 3. The van der Waals surface area contributed by atoms with Gasteiger partial charge in [0.2, 0.25) is 0 Å². The summed E-state index contributed by atoms with van der Waals surface area (Å²) in [5, 5.41) is 5.80. The standard InChI is InChI=1S/C32H26N2O5/c1-38-32(37)21-13-11-20(12-14-21)30(35)33-22-15-16-26-24(17-22)25(31(36)34-26)18-28-29(19-7-3-2-4-8-19)23-9-5-6-10-27(23)39-28/h2-4,7-8,11-18H,5-6,9-10H2,1H3,(H,33,35)(H,34,36). The monoisotopic (exact) mass is 518 g/mol. The van der Waals surface area contributed by atoms with E-state index in [0.29, 0.717) is 39.4 Å². The van der Waals surface area contributed by atoms with Gasteiger partial charge in [0.05, 0.1) is 18.2 Å². The SMILES string of the molecule is COC(=O)c1ccc(C(=O)Nc2ccc3c(c2)C(=Cc2oc4c(c2-c2ccccc2)CCCC4)C(=O)N3)cc1. The number of esters is 1. The first-order valence-corrected chi connectivity index (χ1v) is 12.9. The van der Waals surface area contributed by atoms with E-state index in [1.807, 2.05) is 24.3 Å². The molecule has 0 saturated carbocycles. The van der Waals surface area contributed by atoms with Crippen LogP contribution in [0.2, 0.25) is 0 Å². The van der Waals surface area contributed by atoms with Crippen molar-refractivity contribution in [1.29, 1.82) is 0 Å². The summed E-state index contributed by atoms with van der Waals surface area (Å²) in [5.41, 5.74) is 6.45. The molecule has 0 fully saturated rings. The third-order valence-corrected chi connectivity index (χ3v) is 7.17. The maximum absolute atomic E-state index is 13.0. The average molecular weight is 519 g/mol. The molecule has 0 saturated heterocycles. The number of aryl methyl sites for hydroxylation is 1. The predicted molar refractivity (Wildman–Crippen MR) is 149 cm³/mol. The molecule has 7 nitrogen and oxygen atoms in total. The van der Waals surface area contributed by atoms with Gasteiger partial charge >= 0.3 is 5.97 Å². The minimum atomic E-state index is -0.468. The van der Waals surface area contributed by atoms with E-state index in [4.69, 9.17) is 9.15 Å². The van der Waals surface area contributed by atoms with Crippen LogP contribution in [-0.2, 0) is 22.4 Å². The normalized spacial score (nSPS) is 14.9. The number of hydrogen-bond donors (Lipinski definition) is 2. The minimum absolute atomic E-state index is 0.222. The lowest BCUT2D eigenvalue weighted by Crippen LogP contribution is -2.12. The van der Waals surface area contributed by atoms with E-state index in [-0.39, 0.29) is 11.8 Å². The lowest BCUT2D eigenvalue weighted by atomic mass is 9.91. The molecular formula is C32H26N2O5. The van der Waals surface area contributed by atoms with Crippen molar-refractivity contribution in [3.63, 3.8) is 0 Å². The molecule has 0 bridgehead atoms. The van der Waals surface area contributed by atoms with Crippen LogP contribution in [0.15, 0.2) is 77.2 Å². The molecular weight excluding hydrogens is 492 g/mol. The summed E-state index contributed by atoms with van der Waals surface area (Å²) in [6.07, 6.45) is 5.85. The van der Waals surface area contributed by atoms with Gasteiger partial charge in [-0.2, -0.15) is 0 Å². The first-order valence-electron chi connectivity index (χ1n) is 12.9. The Morgan fingerprint density at radius 2 is 1.69 bits per heavy atom. The molecule has 2 amide bonds. The van der Waals surface area contributed by atoms with E-state index < -0.39 is 5.97 Å². The van der Waals surface area contributed by atoms with E-state index >= 15 is 0 Å². The maximum Gasteiger partial charge on any atom is 0.337 e. The summed E-state index contributed by atoms with van der Waals surface area (Å²) in [6.45, 7) is 0. The summed E-state index contributed by atoms with van der Waals surface area (Å²) in [6, 6.07) is 21.6. The highest BCUT2D eigenvalue weighted by Crippen LogP contribution is 2.41. The molecule has 6 rings (SSSR count). The zero-order valence-corrected chi connectivity index (χ0v) is 21.4. The van der Waals surface area contributed by atoms with Crippen LogP contribution in [0, 0.1) is 0 Å². The average Bonchev–Trinajstić information content (AvgIpc) is 3.49. The van der Waals surface area contributed by atoms with Gasteiger partial charge in [-0.25, -0.2) is 4.79 Å². The number of carbonyl (C=O) groups excluding carboxylic acids is 3. The van der Waals surface area contributed by atoms with Crippen molar-refractivity contribution in [1.82, 2.24) is 0 Å². The molecule has 0 spiro atoms. The molecule has 2 heterocycles. The van der Waals surface area contributed by atoms with Crippen LogP contribution in [0.5, 0.6) is 0 Å². The molecule has 1 aliphatic heterocycles. The Bertz CT molecular complexity index is 1630. The third kappa shape index (κ3) is 4.63. The topological polar surface area (TPSA) is 97.6 Å². The van der Waals surface area contributed by atoms with E-state index in [2.05, 4.69) is 22.8 Å². The first kappa shape index (κ1) is 24.4. The Morgan fingerprint density at radius 3 is 2.46 bits per heavy atom. The smallest absolute Gasteiger partial charge is 0.337 e. The fourth-order valence-corrected chi connectivity index (χ4v) is 5.23. The van der Waals surface area contributed by atoms with Crippen molar-refractivity contribution in [3.05, 3.63) is 107 Å². The number of hydrogen-bond acceptors (Lipinski definition) is 5. The van der Waals surface area contributed by atoms with Gasteiger partial charge in [0, 0.05) is 40.0 Å². The molecule has 194 valence electrons. The number of carbonyl (C=O) groups is 3. The van der Waals surface area contributed by atoms with Gasteiger partial charge in [-0.1, -0.05) is 30.3 Å². The zero-order valence-electron chi connectivity index (χ0n) is 21.4. The second-order valence-corrected chi connectivity index (χ2v) is 9.61. The Labute approximate surface area is 225 Å². The number of anilines is 2. The second-order valence-electron chi connectivity index (χ2n) is 9.61. The van der Waals surface area contributed by atoms with Crippen molar-refractivity contribution in [2.24, 2.45) is 0 Å². The zero-order chi connectivity index (χ0) is 26.9. The molecule has 1 aromatic heterocycles. The number of nitrogens with one attached hydrogen (secondary N) is 2. The number of furan rings is 1. The summed E-state index contributed by atoms with van der Waals surface area (Å²) in [7, 11) is 1.31. The summed E-state index contributed by atoms with van der Waals surface area (Å²) in [4.78, 5) is 37.6. The van der Waals surface area contributed by atoms with E-state index in [0.717, 1.165) is 42.6 Å². The van der Waals surface area contributed by atoms with Crippen LogP contribution in [0.3, 0.4) is 0 Å². The largest absolute Gasteiger partial charge is 0.465 e. The van der Waals surface area contributed by atoms with Gasteiger partial charge in [0.25, 0.3) is 11.8 Å². The van der Waals surface area contributed by atoms with Crippen LogP contribution in [0.1, 0.15) is 56.2 Å². The maximum atomic E-state index is 13.0. The van der Waals surface area contributed by atoms with Crippen LogP contribution >= 0.6 is 0 Å². The van der Waals surface area contributed by atoms with Gasteiger partial charge in [-0.05, 0) is 73.4 Å². The minimum Gasteiger partial charge on any atom is -0.465 e. The van der Waals surface area contributed by atoms with Gasteiger partial charge in [-0.3, -0.25) is 9.59 Å². The Kier molecular flexibility index (Phi) is 6.32. The van der Waals surface area contributed by atoms with Crippen molar-refractivity contribution in [3.8, 4) is 11.1 Å². The number of fused-ring (bicyclic) bond motifs is 2. The number of amides is 2. The van der Waals surface area contributed by atoms with Crippen molar-refractivity contribution < 1.29 is 23.5 Å². The molecule has 0 atom stereocenters. The van der Waals surface area contributed by atoms with Gasteiger partial charge in [-0.15, -0.1) is 0 Å². The number of rotatable bonds is 5. The summed E-state index contributed by atoms with van der Waals surface area (Å²) in [5.74, 6) is 0.639. The van der Waals surface area contributed by atoms with Crippen LogP contribution in [0.4, 0.5) is 11.4 Å². The third-order valence-electron chi connectivity index (χ3n) is 7.17. The molecule has 3 aromatic carbocycles. The Hall–Kier alpha value is -4.91. The lowest BCUT2D eigenvalue weighted by molar-refractivity contribution is -0.110. The fourth-order valence-electron chi connectivity index (χ4n) is 5.23. The van der Waals surface area contributed by atoms with Crippen LogP contribution in [-0.4, -0.2) is 24.9 Å². The highest BCUT2D eigenvalue weighted by Gasteiger charge is 2.28. The Balaban J connectivity index is 1.33. The molecule has 4 aromatic rings. The molecule has 2 aliphatic rings. The van der Waals surface area contributed by atoms with Crippen LogP contribution in [0.25, 0.3) is 22.8 Å². The summed E-state index contributed by atoms with van der Waals surface area (Å²) < 4.78 is 11.1. The van der Waals surface area contributed by atoms with Crippen molar-refractivity contribution >= 4 is 40.8 Å². The van der Waals surface area contributed by atoms with E-state index in [9.17, 15) is 14.4 Å². The molecule has 2 N–H and O–H groups in total. The predicted octanol–water partition coefficient (Wildman–Crippen LogP) is 6.36. The number of ether oxygens (including phenoxy) is 1. The molecule has 7 heteroatoms. The molecule has 0 radical (unpaired) electrons. The molecule has 39 heavy (non-hydrogen) atoms. The van der Waals surface area contributed by atoms with Crippen molar-refractivity contribution in [2.75, 3.05) is 17.7 Å². The fraction of sp³-hybridized carbons (Fsp3) is 0.156.